The van der Waals surface area contributed by atoms with Crippen LogP contribution in [0.5, 0.6) is 5.75 Å². The third kappa shape index (κ3) is 3.85. The van der Waals surface area contributed by atoms with E-state index in [1.807, 2.05) is 56.3 Å². The normalized spacial score (nSPS) is 10.7. The Kier molecular flexibility index (Phi) is 5.05. The summed E-state index contributed by atoms with van der Waals surface area (Å²) in [4.78, 5) is 17.1. The molecule has 1 N–H and O–H groups in total. The quantitative estimate of drug-likeness (QED) is 0.543. The number of carbonyl (C=O) groups is 1. The summed E-state index contributed by atoms with van der Waals surface area (Å²) in [5, 5.41) is 17.0. The number of aromatic nitrogens is 5. The number of ether oxygens (including phenoxy) is 1. The number of methoxy groups -OCH3 is 1. The van der Waals surface area contributed by atoms with Gasteiger partial charge in [-0.25, -0.2) is 4.98 Å². The van der Waals surface area contributed by atoms with Crippen LogP contribution in [0.15, 0.2) is 47.8 Å². The van der Waals surface area contributed by atoms with Crippen molar-refractivity contribution in [2.45, 2.75) is 13.8 Å². The molecule has 0 saturated carbocycles. The fourth-order valence-electron chi connectivity index (χ4n) is 2.81. The van der Waals surface area contributed by atoms with Crippen LogP contribution >= 0.6 is 11.3 Å². The molecule has 4 rings (SSSR count). The van der Waals surface area contributed by atoms with E-state index in [-0.39, 0.29) is 5.91 Å². The van der Waals surface area contributed by atoms with Crippen LogP contribution in [0.2, 0.25) is 0 Å². The number of anilines is 1. The Labute approximate surface area is 171 Å². The summed E-state index contributed by atoms with van der Waals surface area (Å²) < 4.78 is 6.81. The lowest BCUT2D eigenvalue weighted by molar-refractivity contribution is 0.102. The molecule has 9 heteroatoms. The van der Waals surface area contributed by atoms with Crippen LogP contribution in [0.4, 0.5) is 5.69 Å². The first-order chi connectivity index (χ1) is 14.0. The minimum atomic E-state index is -0.274. The predicted molar refractivity (Wildman–Crippen MR) is 111 cm³/mol. The number of rotatable bonds is 5. The van der Waals surface area contributed by atoms with Crippen LogP contribution in [-0.2, 0) is 0 Å². The van der Waals surface area contributed by atoms with Crippen molar-refractivity contribution in [1.82, 2.24) is 25.2 Å². The van der Waals surface area contributed by atoms with E-state index in [9.17, 15) is 4.79 Å². The molecule has 0 spiro atoms. The van der Waals surface area contributed by atoms with E-state index in [2.05, 4.69) is 25.8 Å². The Morgan fingerprint density at radius 3 is 2.62 bits per heavy atom. The number of carbonyl (C=O) groups excluding carboxylic acids is 1. The van der Waals surface area contributed by atoms with Gasteiger partial charge < -0.3 is 10.1 Å². The molecule has 1 amide bonds. The van der Waals surface area contributed by atoms with Gasteiger partial charge in [0, 0.05) is 16.6 Å². The van der Waals surface area contributed by atoms with Crippen molar-refractivity contribution < 1.29 is 9.53 Å². The minimum Gasteiger partial charge on any atom is -0.497 e. The van der Waals surface area contributed by atoms with Crippen LogP contribution in [0.3, 0.4) is 0 Å². The van der Waals surface area contributed by atoms with Crippen LogP contribution < -0.4 is 10.1 Å². The molecule has 0 aliphatic rings. The maximum atomic E-state index is 12.7. The third-order valence-corrected chi connectivity index (χ3v) is 5.29. The highest BCUT2D eigenvalue weighted by Crippen LogP contribution is 2.26. The number of amides is 1. The maximum absolute atomic E-state index is 12.7. The zero-order valence-electron chi connectivity index (χ0n) is 16.1. The minimum absolute atomic E-state index is 0.274. The number of benzene rings is 2. The van der Waals surface area contributed by atoms with Crippen LogP contribution in [0, 0.1) is 13.8 Å². The third-order valence-electron chi connectivity index (χ3n) is 4.39. The van der Waals surface area contributed by atoms with Gasteiger partial charge in [-0.1, -0.05) is 6.07 Å². The molecule has 0 bridgehead atoms. The lowest BCUT2D eigenvalue weighted by Gasteiger charge is -2.09. The molecule has 0 aliphatic carbocycles. The SMILES string of the molecule is COc1ccc(-c2nc(C(=O)Nc3ccc(C)c(-n4nnnc4C)c3)cs2)cc1. The molecule has 8 nitrogen and oxygen atoms in total. The van der Waals surface area contributed by atoms with Gasteiger partial charge in [0.2, 0.25) is 0 Å². The predicted octanol–water partition coefficient (Wildman–Crippen LogP) is 3.66. The first-order valence-electron chi connectivity index (χ1n) is 8.82. The molecule has 2 heterocycles. The molecule has 0 radical (unpaired) electrons. The van der Waals surface area contributed by atoms with E-state index >= 15 is 0 Å². The topological polar surface area (TPSA) is 94.8 Å². The second-order valence-corrected chi connectivity index (χ2v) is 7.22. The zero-order chi connectivity index (χ0) is 20.4. The summed E-state index contributed by atoms with van der Waals surface area (Å²) in [7, 11) is 1.62. The van der Waals surface area contributed by atoms with Gasteiger partial charge in [-0.3, -0.25) is 4.79 Å². The Hall–Kier alpha value is -3.59. The Morgan fingerprint density at radius 1 is 1.14 bits per heavy atom. The van der Waals surface area contributed by atoms with Gasteiger partial charge in [-0.05, 0) is 66.2 Å². The first kappa shape index (κ1) is 18.8. The number of thiazole rings is 1. The van der Waals surface area contributed by atoms with Gasteiger partial charge in [0.15, 0.2) is 5.82 Å². The molecule has 0 aliphatic heterocycles. The van der Waals surface area contributed by atoms with Gasteiger partial charge in [0.25, 0.3) is 5.91 Å². The molecule has 29 heavy (non-hydrogen) atoms. The standard InChI is InChI=1S/C20H18N6O2S/c1-12-4-7-15(10-18(12)26-13(2)23-24-25-26)21-19(27)17-11-29-20(22-17)14-5-8-16(28-3)9-6-14/h4-11H,1-3H3,(H,21,27). The smallest absolute Gasteiger partial charge is 0.275 e. The Morgan fingerprint density at radius 2 is 1.93 bits per heavy atom. The molecule has 2 aromatic heterocycles. The number of hydrogen-bond donors (Lipinski definition) is 1. The molecular weight excluding hydrogens is 388 g/mol. The van der Waals surface area contributed by atoms with Crippen molar-refractivity contribution in [2.75, 3.05) is 12.4 Å². The number of nitrogens with zero attached hydrogens (tertiary/aromatic N) is 5. The highest BCUT2D eigenvalue weighted by Gasteiger charge is 2.14. The van der Waals surface area contributed by atoms with Crippen molar-refractivity contribution in [2.24, 2.45) is 0 Å². The average Bonchev–Trinajstić information content (AvgIpc) is 3.39. The molecule has 4 aromatic rings. The van der Waals surface area contributed by atoms with E-state index in [0.29, 0.717) is 17.2 Å². The lowest BCUT2D eigenvalue weighted by Crippen LogP contribution is -2.13. The zero-order valence-corrected chi connectivity index (χ0v) is 16.9. The van der Waals surface area contributed by atoms with Gasteiger partial charge in [-0.2, -0.15) is 4.68 Å². The maximum Gasteiger partial charge on any atom is 0.275 e. The molecule has 0 fully saturated rings. The van der Waals surface area contributed by atoms with Crippen LogP contribution in [0.1, 0.15) is 21.9 Å². The fraction of sp³-hybridized carbons (Fsp3) is 0.150. The monoisotopic (exact) mass is 406 g/mol. The number of hydrogen-bond acceptors (Lipinski definition) is 7. The van der Waals surface area contributed by atoms with Gasteiger partial charge in [0.05, 0.1) is 12.8 Å². The molecule has 146 valence electrons. The van der Waals surface area contributed by atoms with E-state index < -0.39 is 0 Å². The summed E-state index contributed by atoms with van der Waals surface area (Å²) in [5.74, 6) is 1.17. The van der Waals surface area contributed by atoms with E-state index in [0.717, 1.165) is 27.6 Å². The number of nitrogens with one attached hydrogen (secondary N) is 1. The Balaban J connectivity index is 1.54. The number of aryl methyl sites for hydroxylation is 2. The summed E-state index contributed by atoms with van der Waals surface area (Å²) >= 11 is 1.42. The van der Waals surface area contributed by atoms with Crippen molar-refractivity contribution in [3.8, 4) is 22.0 Å². The van der Waals surface area contributed by atoms with Crippen LogP contribution in [0.25, 0.3) is 16.3 Å². The molecular formula is C20H18N6O2S. The van der Waals surface area contributed by atoms with Crippen molar-refractivity contribution in [1.29, 1.82) is 0 Å². The second kappa shape index (κ2) is 7.80. The summed E-state index contributed by atoms with van der Waals surface area (Å²) in [6, 6.07) is 13.2. The first-order valence-corrected chi connectivity index (χ1v) is 9.70. The van der Waals surface area contributed by atoms with Crippen LogP contribution in [-0.4, -0.2) is 38.2 Å². The fourth-order valence-corrected chi connectivity index (χ4v) is 3.62. The van der Waals surface area contributed by atoms with E-state index in [1.54, 1.807) is 17.2 Å². The highest BCUT2D eigenvalue weighted by molar-refractivity contribution is 7.13. The van der Waals surface area contributed by atoms with E-state index in [4.69, 9.17) is 4.74 Å². The van der Waals surface area contributed by atoms with Gasteiger partial charge in [-0.15, -0.1) is 16.4 Å². The van der Waals surface area contributed by atoms with Crippen molar-refractivity contribution in [3.05, 3.63) is 64.9 Å². The van der Waals surface area contributed by atoms with Gasteiger partial charge >= 0.3 is 0 Å². The number of tetrazole rings is 1. The summed E-state index contributed by atoms with van der Waals surface area (Å²) in [5.41, 5.74) is 3.74. The average molecular weight is 406 g/mol. The molecule has 2 aromatic carbocycles. The van der Waals surface area contributed by atoms with Crippen molar-refractivity contribution >= 4 is 22.9 Å². The molecule has 0 saturated heterocycles. The molecule has 0 atom stereocenters. The Bertz CT molecular complexity index is 1170. The largest absolute Gasteiger partial charge is 0.497 e. The molecule has 0 unspecified atom stereocenters. The van der Waals surface area contributed by atoms with Gasteiger partial charge in [0.1, 0.15) is 16.5 Å². The second-order valence-electron chi connectivity index (χ2n) is 6.36. The highest BCUT2D eigenvalue weighted by atomic mass is 32.1. The lowest BCUT2D eigenvalue weighted by atomic mass is 10.1. The van der Waals surface area contributed by atoms with E-state index in [1.165, 1.54) is 11.3 Å². The van der Waals surface area contributed by atoms with Crippen molar-refractivity contribution in [3.63, 3.8) is 0 Å². The summed E-state index contributed by atoms with van der Waals surface area (Å²) in [6.07, 6.45) is 0. The summed E-state index contributed by atoms with van der Waals surface area (Å²) in [6.45, 7) is 3.78.